The summed E-state index contributed by atoms with van der Waals surface area (Å²) in [5.41, 5.74) is 0. The van der Waals surface area contributed by atoms with E-state index in [4.69, 9.17) is 0 Å². The van der Waals surface area contributed by atoms with Crippen LogP contribution in [0.4, 0.5) is 4.79 Å². The van der Waals surface area contributed by atoms with Gasteiger partial charge in [0.05, 0.1) is 0 Å². The lowest BCUT2D eigenvalue weighted by atomic mass is 9.78. The molecule has 5 heteroatoms. The minimum atomic E-state index is -0.890. The van der Waals surface area contributed by atoms with E-state index in [1.807, 2.05) is 6.92 Å². The quantitative estimate of drug-likeness (QED) is 0.841. The van der Waals surface area contributed by atoms with Crippen molar-refractivity contribution in [2.75, 3.05) is 6.54 Å². The van der Waals surface area contributed by atoms with Crippen LogP contribution < -0.4 is 5.32 Å². The average Bonchev–Trinajstić information content (AvgIpc) is 2.81. The zero-order valence-electron chi connectivity index (χ0n) is 13.3. The summed E-state index contributed by atoms with van der Waals surface area (Å²) in [6.45, 7) is 6.85. The number of amides is 2. The van der Waals surface area contributed by atoms with Crippen LogP contribution >= 0.6 is 0 Å². The van der Waals surface area contributed by atoms with Crippen molar-refractivity contribution in [2.24, 2.45) is 17.8 Å². The number of hydrogen-bond acceptors (Lipinski definition) is 2. The summed E-state index contributed by atoms with van der Waals surface area (Å²) in [4.78, 5) is 25.4. The topological polar surface area (TPSA) is 69.6 Å². The number of carbonyl (C=O) groups excluding carboxylic acids is 1. The summed E-state index contributed by atoms with van der Waals surface area (Å²) in [6, 6.07) is -0.674. The van der Waals surface area contributed by atoms with Gasteiger partial charge in [-0.25, -0.2) is 9.59 Å². The molecular formula is C16H28N2O3. The van der Waals surface area contributed by atoms with Crippen LogP contribution in [0.5, 0.6) is 0 Å². The zero-order valence-corrected chi connectivity index (χ0v) is 13.3. The molecule has 2 N–H and O–H groups in total. The molecule has 0 bridgehead atoms. The van der Waals surface area contributed by atoms with Crippen LogP contribution in [0.15, 0.2) is 0 Å². The third-order valence-corrected chi connectivity index (χ3v) is 5.20. The normalized spacial score (nSPS) is 33.2. The van der Waals surface area contributed by atoms with Crippen LogP contribution in [0.2, 0.25) is 0 Å². The summed E-state index contributed by atoms with van der Waals surface area (Å²) in [5, 5.41) is 12.4. The van der Waals surface area contributed by atoms with Crippen LogP contribution in [0.1, 0.15) is 52.9 Å². The van der Waals surface area contributed by atoms with Crippen LogP contribution in [0, 0.1) is 17.8 Å². The molecule has 2 fully saturated rings. The van der Waals surface area contributed by atoms with Crippen molar-refractivity contribution in [3.05, 3.63) is 0 Å². The minimum absolute atomic E-state index is 0.0282. The van der Waals surface area contributed by atoms with Crippen molar-refractivity contribution in [1.82, 2.24) is 10.2 Å². The molecule has 2 amide bonds. The SMILES string of the molecule is CC(C)C1CCCCC1NC(=O)N1CCC(C)C1C(=O)O. The van der Waals surface area contributed by atoms with Crippen LogP contribution in [-0.4, -0.2) is 40.6 Å². The van der Waals surface area contributed by atoms with E-state index in [2.05, 4.69) is 19.2 Å². The predicted molar refractivity (Wildman–Crippen MR) is 81.0 cm³/mol. The lowest BCUT2D eigenvalue weighted by Gasteiger charge is -2.36. The highest BCUT2D eigenvalue weighted by Crippen LogP contribution is 2.31. The molecule has 0 spiro atoms. The van der Waals surface area contributed by atoms with E-state index in [1.165, 1.54) is 11.3 Å². The van der Waals surface area contributed by atoms with Gasteiger partial charge >= 0.3 is 12.0 Å². The molecule has 21 heavy (non-hydrogen) atoms. The molecule has 2 aliphatic rings. The average molecular weight is 296 g/mol. The molecule has 1 saturated carbocycles. The fourth-order valence-electron chi connectivity index (χ4n) is 3.93. The number of urea groups is 1. The maximum absolute atomic E-state index is 12.5. The molecule has 1 saturated heterocycles. The van der Waals surface area contributed by atoms with Gasteiger partial charge in [-0.1, -0.05) is 33.6 Å². The van der Waals surface area contributed by atoms with Gasteiger partial charge in [-0.15, -0.1) is 0 Å². The number of aliphatic carboxylic acids is 1. The second kappa shape index (κ2) is 6.67. The zero-order chi connectivity index (χ0) is 15.6. The summed E-state index contributed by atoms with van der Waals surface area (Å²) in [6.07, 6.45) is 5.31. The van der Waals surface area contributed by atoms with E-state index in [0.717, 1.165) is 25.7 Å². The monoisotopic (exact) mass is 296 g/mol. The highest BCUT2D eigenvalue weighted by molar-refractivity contribution is 5.83. The Bertz CT molecular complexity index is 397. The molecule has 0 aromatic heterocycles. The van der Waals surface area contributed by atoms with Crippen molar-refractivity contribution < 1.29 is 14.7 Å². The van der Waals surface area contributed by atoms with Gasteiger partial charge in [-0.3, -0.25) is 0 Å². The Morgan fingerprint density at radius 3 is 2.48 bits per heavy atom. The standard InChI is InChI=1S/C16H28N2O3/c1-10(2)12-6-4-5-7-13(12)17-16(21)18-9-8-11(3)14(18)15(19)20/h10-14H,4-9H2,1-3H3,(H,17,21)(H,19,20). The number of likely N-dealkylation sites (tertiary alicyclic amines) is 1. The van der Waals surface area contributed by atoms with Crippen molar-refractivity contribution in [2.45, 2.75) is 65.0 Å². The molecule has 1 heterocycles. The van der Waals surface area contributed by atoms with Crippen LogP contribution in [-0.2, 0) is 4.79 Å². The molecule has 1 aliphatic heterocycles. The lowest BCUT2D eigenvalue weighted by Crippen LogP contribution is -2.53. The summed E-state index contributed by atoms with van der Waals surface area (Å²) < 4.78 is 0. The van der Waals surface area contributed by atoms with Gasteiger partial charge in [0.15, 0.2) is 0 Å². The maximum atomic E-state index is 12.5. The van der Waals surface area contributed by atoms with E-state index in [0.29, 0.717) is 18.4 Å². The van der Waals surface area contributed by atoms with E-state index >= 15 is 0 Å². The highest BCUT2D eigenvalue weighted by Gasteiger charge is 2.40. The van der Waals surface area contributed by atoms with Gasteiger partial charge in [0.1, 0.15) is 6.04 Å². The van der Waals surface area contributed by atoms with E-state index in [9.17, 15) is 14.7 Å². The van der Waals surface area contributed by atoms with E-state index < -0.39 is 12.0 Å². The fraction of sp³-hybridized carbons (Fsp3) is 0.875. The Labute approximate surface area is 127 Å². The summed E-state index contributed by atoms with van der Waals surface area (Å²) >= 11 is 0. The maximum Gasteiger partial charge on any atom is 0.326 e. The van der Waals surface area contributed by atoms with Crippen molar-refractivity contribution in [1.29, 1.82) is 0 Å². The van der Waals surface area contributed by atoms with Crippen LogP contribution in [0.3, 0.4) is 0 Å². The number of carbonyl (C=O) groups is 2. The van der Waals surface area contributed by atoms with E-state index in [1.54, 1.807) is 0 Å². The Morgan fingerprint density at radius 1 is 1.19 bits per heavy atom. The third kappa shape index (κ3) is 3.50. The first-order valence-corrected chi connectivity index (χ1v) is 8.21. The van der Waals surface area contributed by atoms with Crippen LogP contribution in [0.25, 0.3) is 0 Å². The minimum Gasteiger partial charge on any atom is -0.480 e. The molecule has 0 aromatic carbocycles. The second-order valence-corrected chi connectivity index (χ2v) is 6.99. The lowest BCUT2D eigenvalue weighted by molar-refractivity contribution is -0.142. The second-order valence-electron chi connectivity index (χ2n) is 6.99. The van der Waals surface area contributed by atoms with Gasteiger partial charge in [0, 0.05) is 12.6 Å². The summed E-state index contributed by atoms with van der Waals surface area (Å²) in [5.74, 6) is 0.189. The highest BCUT2D eigenvalue weighted by atomic mass is 16.4. The number of nitrogens with zero attached hydrogens (tertiary/aromatic N) is 1. The number of carboxylic acids is 1. The Morgan fingerprint density at radius 2 is 1.86 bits per heavy atom. The molecule has 2 rings (SSSR count). The first kappa shape index (κ1) is 16.1. The molecule has 5 nitrogen and oxygen atoms in total. The van der Waals surface area contributed by atoms with Gasteiger partial charge in [0.2, 0.25) is 0 Å². The fourth-order valence-corrected chi connectivity index (χ4v) is 3.93. The van der Waals surface area contributed by atoms with E-state index in [-0.39, 0.29) is 18.0 Å². The Kier molecular flexibility index (Phi) is 5.12. The molecular weight excluding hydrogens is 268 g/mol. The van der Waals surface area contributed by atoms with Crippen molar-refractivity contribution >= 4 is 12.0 Å². The van der Waals surface area contributed by atoms with Gasteiger partial charge in [-0.2, -0.15) is 0 Å². The van der Waals surface area contributed by atoms with Gasteiger partial charge in [-0.05, 0) is 37.0 Å². The number of hydrogen-bond donors (Lipinski definition) is 2. The van der Waals surface area contributed by atoms with Gasteiger partial charge < -0.3 is 15.3 Å². The van der Waals surface area contributed by atoms with Crippen molar-refractivity contribution in [3.63, 3.8) is 0 Å². The predicted octanol–water partition coefficient (Wildman–Crippen LogP) is 2.71. The first-order chi connectivity index (χ1) is 9.91. The summed E-state index contributed by atoms with van der Waals surface area (Å²) in [7, 11) is 0. The first-order valence-electron chi connectivity index (χ1n) is 8.21. The Hall–Kier alpha value is -1.26. The molecule has 4 unspecified atom stereocenters. The smallest absolute Gasteiger partial charge is 0.326 e. The molecule has 0 aromatic rings. The van der Waals surface area contributed by atoms with Crippen molar-refractivity contribution in [3.8, 4) is 0 Å². The third-order valence-electron chi connectivity index (χ3n) is 5.20. The number of carboxylic acid groups (broad SMARTS) is 1. The molecule has 4 atom stereocenters. The Balaban J connectivity index is 2.01. The number of nitrogens with one attached hydrogen (secondary N) is 1. The molecule has 120 valence electrons. The molecule has 0 radical (unpaired) electrons. The molecule has 1 aliphatic carbocycles. The largest absolute Gasteiger partial charge is 0.480 e. The van der Waals surface area contributed by atoms with Gasteiger partial charge in [0.25, 0.3) is 0 Å². The number of rotatable bonds is 3.